The third-order valence-corrected chi connectivity index (χ3v) is 5.91. The highest BCUT2D eigenvalue weighted by atomic mass is 32.2. The number of hydrogen-bond donors (Lipinski definition) is 1. The van der Waals surface area contributed by atoms with Crippen molar-refractivity contribution in [2.24, 2.45) is 0 Å². The Bertz CT molecular complexity index is 631. The van der Waals surface area contributed by atoms with Crippen molar-refractivity contribution in [1.82, 2.24) is 9.21 Å². The number of sulfonamides is 1. The minimum atomic E-state index is -3.85. The number of benzene rings is 1. The van der Waals surface area contributed by atoms with Crippen LogP contribution in [0.2, 0.25) is 0 Å². The standard InChI is InChI=1S/C14H22FN3O2S/c1-10-7-12(15)14(8-13(10)16)21(19,20)18-6-4-5-11(9-18)17(2)3/h7-8,11H,4-6,9,16H2,1-3H3. The quantitative estimate of drug-likeness (QED) is 0.857. The summed E-state index contributed by atoms with van der Waals surface area (Å²) in [7, 11) is -0.00302. The van der Waals surface area contributed by atoms with E-state index in [9.17, 15) is 12.8 Å². The zero-order chi connectivity index (χ0) is 15.8. The third-order valence-electron chi connectivity index (χ3n) is 4.03. The van der Waals surface area contributed by atoms with Crippen LogP contribution in [0.25, 0.3) is 0 Å². The summed E-state index contributed by atoms with van der Waals surface area (Å²) < 4.78 is 40.7. The van der Waals surface area contributed by atoms with Crippen LogP contribution in [0.3, 0.4) is 0 Å². The molecule has 1 aromatic rings. The van der Waals surface area contributed by atoms with Gasteiger partial charge in [0.05, 0.1) is 0 Å². The first-order valence-electron chi connectivity index (χ1n) is 6.95. The van der Waals surface area contributed by atoms with Gasteiger partial charge in [-0.3, -0.25) is 0 Å². The Kier molecular flexibility index (Phi) is 4.55. The average Bonchev–Trinajstić information content (AvgIpc) is 2.42. The van der Waals surface area contributed by atoms with Gasteiger partial charge in [0.15, 0.2) is 0 Å². The number of nitrogens with zero attached hydrogens (tertiary/aromatic N) is 2. The maximum atomic E-state index is 14.1. The number of anilines is 1. The van der Waals surface area contributed by atoms with E-state index in [1.165, 1.54) is 16.4 Å². The second kappa shape index (κ2) is 5.90. The molecule has 5 nitrogen and oxygen atoms in total. The summed E-state index contributed by atoms with van der Waals surface area (Å²) >= 11 is 0. The summed E-state index contributed by atoms with van der Waals surface area (Å²) in [5.74, 6) is -0.742. The van der Waals surface area contributed by atoms with E-state index in [1.807, 2.05) is 19.0 Å². The van der Waals surface area contributed by atoms with Gasteiger partial charge < -0.3 is 10.6 Å². The first-order chi connectivity index (χ1) is 9.73. The van der Waals surface area contributed by atoms with Crippen LogP contribution < -0.4 is 5.73 Å². The topological polar surface area (TPSA) is 66.6 Å². The van der Waals surface area contributed by atoms with Gasteiger partial charge >= 0.3 is 0 Å². The van der Waals surface area contributed by atoms with Gasteiger partial charge in [0, 0.05) is 24.8 Å². The normalized spacial score (nSPS) is 20.9. The lowest BCUT2D eigenvalue weighted by atomic mass is 10.1. The van der Waals surface area contributed by atoms with Gasteiger partial charge in [0.1, 0.15) is 10.7 Å². The number of rotatable bonds is 3. The SMILES string of the molecule is Cc1cc(F)c(S(=O)(=O)N2CCCC(N(C)C)C2)cc1N. The molecule has 1 heterocycles. The third kappa shape index (κ3) is 3.20. The van der Waals surface area contributed by atoms with Crippen LogP contribution in [-0.4, -0.2) is 50.8 Å². The van der Waals surface area contributed by atoms with E-state index in [0.717, 1.165) is 12.8 Å². The fraction of sp³-hybridized carbons (Fsp3) is 0.571. The van der Waals surface area contributed by atoms with Crippen molar-refractivity contribution >= 4 is 15.7 Å². The molecule has 7 heteroatoms. The van der Waals surface area contributed by atoms with Crippen LogP contribution in [0.5, 0.6) is 0 Å². The highest BCUT2D eigenvalue weighted by Gasteiger charge is 2.33. The van der Waals surface area contributed by atoms with Crippen LogP contribution in [0.4, 0.5) is 10.1 Å². The molecule has 0 radical (unpaired) electrons. The van der Waals surface area contributed by atoms with Gasteiger partial charge in [-0.15, -0.1) is 0 Å². The van der Waals surface area contributed by atoms with Crippen LogP contribution in [0, 0.1) is 12.7 Å². The molecule has 2 N–H and O–H groups in total. The summed E-state index contributed by atoms with van der Waals surface area (Å²) in [4.78, 5) is 1.67. The molecule has 1 unspecified atom stereocenters. The van der Waals surface area contributed by atoms with E-state index in [-0.39, 0.29) is 16.6 Å². The fourth-order valence-corrected chi connectivity index (χ4v) is 4.16. The molecular weight excluding hydrogens is 293 g/mol. The predicted molar refractivity (Wildman–Crippen MR) is 81.0 cm³/mol. The van der Waals surface area contributed by atoms with Crippen LogP contribution in [0.1, 0.15) is 18.4 Å². The van der Waals surface area contributed by atoms with E-state index in [4.69, 9.17) is 5.73 Å². The summed E-state index contributed by atoms with van der Waals surface area (Å²) in [6, 6.07) is 2.55. The Balaban J connectivity index is 2.36. The van der Waals surface area contributed by atoms with Crippen molar-refractivity contribution < 1.29 is 12.8 Å². The van der Waals surface area contributed by atoms with Crippen LogP contribution in [0.15, 0.2) is 17.0 Å². The first kappa shape index (κ1) is 16.2. The number of halogens is 1. The van der Waals surface area contributed by atoms with Gasteiger partial charge in [0.2, 0.25) is 10.0 Å². The Hall–Kier alpha value is -1.18. The number of likely N-dealkylation sites (N-methyl/N-ethyl adjacent to an activating group) is 1. The second-order valence-corrected chi connectivity index (χ2v) is 7.67. The molecule has 118 valence electrons. The van der Waals surface area contributed by atoms with Gasteiger partial charge in [-0.2, -0.15) is 4.31 Å². The molecule has 1 saturated heterocycles. The maximum absolute atomic E-state index is 14.1. The largest absolute Gasteiger partial charge is 0.398 e. The van der Waals surface area contributed by atoms with E-state index in [1.54, 1.807) is 6.92 Å². The van der Waals surface area contributed by atoms with Crippen LogP contribution >= 0.6 is 0 Å². The van der Waals surface area contributed by atoms with Crippen molar-refractivity contribution in [3.05, 3.63) is 23.5 Å². The number of nitrogens with two attached hydrogens (primary N) is 1. The van der Waals surface area contributed by atoms with Crippen molar-refractivity contribution in [1.29, 1.82) is 0 Å². The lowest BCUT2D eigenvalue weighted by Crippen LogP contribution is -2.47. The zero-order valence-corrected chi connectivity index (χ0v) is 13.5. The van der Waals surface area contributed by atoms with Gasteiger partial charge in [-0.05, 0) is 51.6 Å². The molecule has 0 aromatic heterocycles. The summed E-state index contributed by atoms with van der Waals surface area (Å²) in [6.45, 7) is 2.44. The molecule has 1 aliphatic heterocycles. The van der Waals surface area contributed by atoms with E-state index in [2.05, 4.69) is 0 Å². The number of piperidine rings is 1. The highest BCUT2D eigenvalue weighted by Crippen LogP contribution is 2.27. The molecule has 0 spiro atoms. The Labute approximate surface area is 125 Å². The monoisotopic (exact) mass is 315 g/mol. The van der Waals surface area contributed by atoms with Gasteiger partial charge in [0.25, 0.3) is 0 Å². The Morgan fingerprint density at radius 3 is 2.67 bits per heavy atom. The zero-order valence-electron chi connectivity index (χ0n) is 12.6. The van der Waals surface area contributed by atoms with Crippen molar-refractivity contribution in [2.45, 2.75) is 30.7 Å². The summed E-state index contributed by atoms with van der Waals surface area (Å²) in [5, 5.41) is 0. The molecule has 1 fully saturated rings. The predicted octanol–water partition coefficient (Wildman–Crippen LogP) is 1.43. The molecule has 0 amide bonds. The first-order valence-corrected chi connectivity index (χ1v) is 8.39. The van der Waals surface area contributed by atoms with Gasteiger partial charge in [-0.1, -0.05) is 0 Å². The number of hydrogen-bond acceptors (Lipinski definition) is 4. The maximum Gasteiger partial charge on any atom is 0.246 e. The Morgan fingerprint density at radius 2 is 2.05 bits per heavy atom. The lowest BCUT2D eigenvalue weighted by Gasteiger charge is -2.35. The second-order valence-electron chi connectivity index (χ2n) is 5.76. The molecule has 21 heavy (non-hydrogen) atoms. The summed E-state index contributed by atoms with van der Waals surface area (Å²) in [6.07, 6.45) is 1.71. The molecule has 1 aliphatic rings. The van der Waals surface area contributed by atoms with Gasteiger partial charge in [-0.25, -0.2) is 12.8 Å². The smallest absolute Gasteiger partial charge is 0.246 e. The molecular formula is C14H22FN3O2S. The summed E-state index contributed by atoms with van der Waals surface area (Å²) in [5.41, 5.74) is 6.56. The van der Waals surface area contributed by atoms with Crippen LogP contribution in [-0.2, 0) is 10.0 Å². The molecule has 0 aliphatic carbocycles. The van der Waals surface area contributed by atoms with E-state index < -0.39 is 15.8 Å². The average molecular weight is 315 g/mol. The van der Waals surface area contributed by atoms with E-state index in [0.29, 0.717) is 18.7 Å². The minimum absolute atomic E-state index is 0.152. The molecule has 1 atom stereocenters. The van der Waals surface area contributed by atoms with E-state index >= 15 is 0 Å². The lowest BCUT2D eigenvalue weighted by molar-refractivity contribution is 0.190. The van der Waals surface area contributed by atoms with Crippen molar-refractivity contribution in [3.63, 3.8) is 0 Å². The Morgan fingerprint density at radius 1 is 1.38 bits per heavy atom. The fourth-order valence-electron chi connectivity index (χ4n) is 2.57. The van der Waals surface area contributed by atoms with Crippen molar-refractivity contribution in [3.8, 4) is 0 Å². The number of aryl methyl sites for hydroxylation is 1. The van der Waals surface area contributed by atoms with Crippen molar-refractivity contribution in [2.75, 3.05) is 32.9 Å². The number of nitrogen functional groups attached to an aromatic ring is 1. The molecule has 0 bridgehead atoms. The highest BCUT2D eigenvalue weighted by molar-refractivity contribution is 7.89. The molecule has 0 saturated carbocycles. The molecule has 2 rings (SSSR count). The molecule has 1 aromatic carbocycles. The minimum Gasteiger partial charge on any atom is -0.398 e.